The molecule has 0 atom stereocenters. The summed E-state index contributed by atoms with van der Waals surface area (Å²) in [5.74, 6) is 0.867. The van der Waals surface area contributed by atoms with Crippen molar-refractivity contribution in [1.29, 1.82) is 0 Å². The van der Waals surface area contributed by atoms with Gasteiger partial charge >= 0.3 is 0 Å². The van der Waals surface area contributed by atoms with Gasteiger partial charge < -0.3 is 10.1 Å². The van der Waals surface area contributed by atoms with Gasteiger partial charge in [0.15, 0.2) is 0 Å². The third-order valence-corrected chi connectivity index (χ3v) is 3.56. The molecule has 4 heteroatoms. The van der Waals surface area contributed by atoms with E-state index in [2.05, 4.69) is 56.4 Å². The van der Waals surface area contributed by atoms with E-state index in [-0.39, 0.29) is 5.41 Å². The maximum absolute atomic E-state index is 5.44. The van der Waals surface area contributed by atoms with Gasteiger partial charge in [0.25, 0.3) is 0 Å². The third-order valence-electron chi connectivity index (χ3n) is 3.56. The van der Waals surface area contributed by atoms with Crippen molar-refractivity contribution in [3.8, 4) is 5.75 Å². The molecule has 1 aromatic carbocycles. The van der Waals surface area contributed by atoms with Crippen LogP contribution in [0.4, 0.5) is 5.69 Å². The number of hydrogen-bond acceptors (Lipinski definition) is 3. The van der Waals surface area contributed by atoms with E-state index in [4.69, 9.17) is 4.74 Å². The van der Waals surface area contributed by atoms with Crippen LogP contribution in [0.1, 0.15) is 38.8 Å². The average molecular weight is 287 g/mol. The summed E-state index contributed by atoms with van der Waals surface area (Å²) in [5.41, 5.74) is 3.60. The predicted octanol–water partition coefficient (Wildman–Crippen LogP) is 3.82. The third kappa shape index (κ3) is 3.78. The summed E-state index contributed by atoms with van der Waals surface area (Å²) in [5, 5.41) is 7.74. The lowest BCUT2D eigenvalue weighted by Crippen LogP contribution is -2.12. The smallest absolute Gasteiger partial charge is 0.141 e. The highest BCUT2D eigenvalue weighted by Gasteiger charge is 2.15. The van der Waals surface area contributed by atoms with E-state index in [1.807, 2.05) is 16.9 Å². The molecule has 0 saturated carbocycles. The number of ether oxygens (including phenoxy) is 1. The van der Waals surface area contributed by atoms with Crippen molar-refractivity contribution >= 4 is 5.69 Å². The molecule has 0 amide bonds. The molecule has 2 aromatic rings. The second kappa shape index (κ2) is 6.20. The topological polar surface area (TPSA) is 39.1 Å². The van der Waals surface area contributed by atoms with Crippen LogP contribution < -0.4 is 10.1 Å². The lowest BCUT2D eigenvalue weighted by molar-refractivity contribution is 0.416. The van der Waals surface area contributed by atoms with Crippen LogP contribution in [0, 0.1) is 0 Å². The summed E-state index contributed by atoms with van der Waals surface area (Å²) in [6.45, 7) is 10.4. The van der Waals surface area contributed by atoms with E-state index in [0.29, 0.717) is 0 Å². The fraction of sp³-hybridized carbons (Fsp3) is 0.471. The van der Waals surface area contributed by atoms with Gasteiger partial charge in [-0.1, -0.05) is 26.8 Å². The van der Waals surface area contributed by atoms with Crippen molar-refractivity contribution in [2.24, 2.45) is 0 Å². The summed E-state index contributed by atoms with van der Waals surface area (Å²) in [7, 11) is 1.70. The van der Waals surface area contributed by atoms with Crippen LogP contribution in [-0.2, 0) is 18.5 Å². The van der Waals surface area contributed by atoms with Crippen LogP contribution in [-0.4, -0.2) is 16.9 Å². The zero-order valence-corrected chi connectivity index (χ0v) is 13.6. The van der Waals surface area contributed by atoms with Crippen molar-refractivity contribution in [2.75, 3.05) is 12.4 Å². The van der Waals surface area contributed by atoms with Gasteiger partial charge in [0.1, 0.15) is 5.75 Å². The van der Waals surface area contributed by atoms with Gasteiger partial charge in [-0.05, 0) is 30.0 Å². The number of aromatic nitrogens is 2. The molecule has 0 aliphatic carbocycles. The summed E-state index contributed by atoms with van der Waals surface area (Å²) in [6.07, 6.45) is 3.96. The van der Waals surface area contributed by atoms with E-state index < -0.39 is 0 Å². The van der Waals surface area contributed by atoms with Crippen molar-refractivity contribution in [2.45, 2.75) is 46.2 Å². The molecule has 4 nitrogen and oxygen atoms in total. The van der Waals surface area contributed by atoms with Crippen LogP contribution in [0.3, 0.4) is 0 Å². The number of nitrogens with one attached hydrogen (secondary N) is 1. The van der Waals surface area contributed by atoms with E-state index in [0.717, 1.165) is 24.5 Å². The zero-order valence-electron chi connectivity index (χ0n) is 13.6. The highest BCUT2D eigenvalue weighted by molar-refractivity contribution is 5.59. The van der Waals surface area contributed by atoms with Gasteiger partial charge in [-0.3, -0.25) is 4.68 Å². The minimum atomic E-state index is 0.121. The molecule has 21 heavy (non-hydrogen) atoms. The van der Waals surface area contributed by atoms with E-state index in [1.165, 1.54) is 11.1 Å². The predicted molar refractivity (Wildman–Crippen MR) is 86.9 cm³/mol. The maximum Gasteiger partial charge on any atom is 0.141 e. The first kappa shape index (κ1) is 15.4. The summed E-state index contributed by atoms with van der Waals surface area (Å²) in [4.78, 5) is 0. The Hall–Kier alpha value is -1.97. The molecular formula is C17H25N3O. The first-order valence-electron chi connectivity index (χ1n) is 7.37. The van der Waals surface area contributed by atoms with Crippen LogP contribution >= 0.6 is 0 Å². The van der Waals surface area contributed by atoms with Gasteiger partial charge in [0.05, 0.1) is 19.0 Å². The van der Waals surface area contributed by atoms with E-state index in [1.54, 1.807) is 7.11 Å². The molecule has 1 heterocycles. The Morgan fingerprint density at radius 3 is 2.62 bits per heavy atom. The van der Waals surface area contributed by atoms with Gasteiger partial charge in [-0.15, -0.1) is 0 Å². The molecule has 2 rings (SSSR count). The molecule has 0 aliphatic rings. The molecule has 0 radical (unpaired) electrons. The van der Waals surface area contributed by atoms with Gasteiger partial charge in [-0.25, -0.2) is 0 Å². The average Bonchev–Trinajstić information content (AvgIpc) is 2.91. The number of aryl methyl sites for hydroxylation is 1. The number of anilines is 1. The number of hydrogen-bond donors (Lipinski definition) is 1. The normalized spacial score (nSPS) is 11.5. The number of methoxy groups -OCH3 is 1. The highest BCUT2D eigenvalue weighted by Crippen LogP contribution is 2.31. The molecule has 1 N–H and O–H groups in total. The molecule has 0 saturated heterocycles. The molecule has 114 valence electrons. The van der Waals surface area contributed by atoms with E-state index in [9.17, 15) is 0 Å². The number of rotatable bonds is 5. The van der Waals surface area contributed by atoms with Gasteiger partial charge in [0.2, 0.25) is 0 Å². The van der Waals surface area contributed by atoms with E-state index >= 15 is 0 Å². The quantitative estimate of drug-likeness (QED) is 0.908. The molecular weight excluding hydrogens is 262 g/mol. The molecule has 0 unspecified atom stereocenters. The SMILES string of the molecule is CCn1cc(CNc2cc(C(C)(C)C)ccc2OC)cn1. The molecule has 1 aromatic heterocycles. The Morgan fingerprint density at radius 1 is 1.29 bits per heavy atom. The highest BCUT2D eigenvalue weighted by atomic mass is 16.5. The minimum Gasteiger partial charge on any atom is -0.495 e. The summed E-state index contributed by atoms with van der Waals surface area (Å²) >= 11 is 0. The van der Waals surface area contributed by atoms with Crippen LogP contribution in [0.2, 0.25) is 0 Å². The van der Waals surface area contributed by atoms with Crippen molar-refractivity contribution in [3.63, 3.8) is 0 Å². The van der Waals surface area contributed by atoms with Crippen molar-refractivity contribution in [1.82, 2.24) is 9.78 Å². The Balaban J connectivity index is 2.17. The van der Waals surface area contributed by atoms with Gasteiger partial charge in [-0.2, -0.15) is 5.10 Å². The van der Waals surface area contributed by atoms with Crippen molar-refractivity contribution in [3.05, 3.63) is 41.7 Å². The molecule has 0 spiro atoms. The second-order valence-corrected chi connectivity index (χ2v) is 6.22. The second-order valence-electron chi connectivity index (χ2n) is 6.22. The monoisotopic (exact) mass is 287 g/mol. The summed E-state index contributed by atoms with van der Waals surface area (Å²) < 4.78 is 7.37. The standard InChI is InChI=1S/C17H25N3O/c1-6-20-12-13(11-19-20)10-18-15-9-14(17(2,3)4)7-8-16(15)21-5/h7-9,11-12,18H,6,10H2,1-5H3. The van der Waals surface area contributed by atoms with Crippen molar-refractivity contribution < 1.29 is 4.74 Å². The fourth-order valence-corrected chi connectivity index (χ4v) is 2.18. The first-order valence-corrected chi connectivity index (χ1v) is 7.37. The Morgan fingerprint density at radius 2 is 2.05 bits per heavy atom. The lowest BCUT2D eigenvalue weighted by Gasteiger charge is -2.21. The number of benzene rings is 1. The maximum atomic E-state index is 5.44. The largest absolute Gasteiger partial charge is 0.495 e. The molecule has 0 bridgehead atoms. The number of nitrogens with zero attached hydrogens (tertiary/aromatic N) is 2. The van der Waals surface area contributed by atoms with Crippen LogP contribution in [0.5, 0.6) is 5.75 Å². The lowest BCUT2D eigenvalue weighted by atomic mass is 9.87. The Bertz CT molecular complexity index is 596. The zero-order chi connectivity index (χ0) is 15.5. The molecule has 0 aliphatic heterocycles. The summed E-state index contributed by atoms with van der Waals surface area (Å²) in [6, 6.07) is 6.32. The van der Waals surface area contributed by atoms with Gasteiger partial charge in [0, 0.05) is 24.8 Å². The first-order chi connectivity index (χ1) is 9.94. The fourth-order valence-electron chi connectivity index (χ4n) is 2.18. The Kier molecular flexibility index (Phi) is 4.56. The molecule has 0 fully saturated rings. The van der Waals surface area contributed by atoms with Crippen LogP contribution in [0.25, 0.3) is 0 Å². The van der Waals surface area contributed by atoms with Crippen LogP contribution in [0.15, 0.2) is 30.6 Å². The Labute approximate surface area is 127 Å². The minimum absolute atomic E-state index is 0.121.